The first-order valence-electron chi connectivity index (χ1n) is 14.0. The highest BCUT2D eigenvalue weighted by molar-refractivity contribution is 5.92. The molecule has 1 amide bonds. The third kappa shape index (κ3) is 6.32. The zero-order chi connectivity index (χ0) is 27.9. The number of hydrogen-bond acceptors (Lipinski definition) is 7. The smallest absolute Gasteiger partial charge is 0.227 e. The third-order valence-electron chi connectivity index (χ3n) is 7.49. The number of amides is 1. The minimum Gasteiger partial charge on any atom is -0.379 e. The number of rotatable bonds is 13. The van der Waals surface area contributed by atoms with E-state index in [-0.39, 0.29) is 17.9 Å². The topological polar surface area (TPSA) is 107 Å². The van der Waals surface area contributed by atoms with Crippen molar-refractivity contribution in [1.82, 2.24) is 29.4 Å². The molecule has 4 aromatic rings. The lowest BCUT2D eigenvalue weighted by Gasteiger charge is -2.34. The molecule has 0 spiro atoms. The Morgan fingerprint density at radius 1 is 1.10 bits per heavy atom. The Hall–Kier alpha value is -3.41. The third-order valence-corrected chi connectivity index (χ3v) is 7.49. The fraction of sp³-hybridized carbons (Fsp3) is 0.517. The van der Waals surface area contributed by atoms with E-state index in [1.807, 2.05) is 26.2 Å². The predicted octanol–water partition coefficient (Wildman–Crippen LogP) is 4.37. The van der Waals surface area contributed by atoms with Crippen molar-refractivity contribution >= 4 is 28.0 Å². The van der Waals surface area contributed by atoms with Crippen molar-refractivity contribution in [2.24, 2.45) is 5.92 Å². The second-order valence-corrected chi connectivity index (χ2v) is 10.1. The molecule has 4 aromatic heterocycles. The summed E-state index contributed by atoms with van der Waals surface area (Å²) in [5.74, 6) is 0.0410. The van der Waals surface area contributed by atoms with Crippen molar-refractivity contribution in [1.29, 1.82) is 0 Å². The minimum atomic E-state index is -0.415. The molecule has 0 aromatic carbocycles. The SMILES string of the molecule is CCOCCOCCOCCN(C)C(=O)[C@@H]1CCCC[C@H]1n1ccc2cnc(-c3c[nH]c4ncc(F)cc34)nc21. The molecule has 1 N–H and O–H groups in total. The Morgan fingerprint density at radius 2 is 1.88 bits per heavy atom. The normalized spacial score (nSPS) is 17.6. The Labute approximate surface area is 232 Å². The van der Waals surface area contributed by atoms with Crippen LogP contribution in [0.4, 0.5) is 4.39 Å². The molecule has 40 heavy (non-hydrogen) atoms. The fourth-order valence-corrected chi connectivity index (χ4v) is 5.41. The first-order chi connectivity index (χ1) is 19.6. The number of likely N-dealkylation sites (N-methyl/N-ethyl adjacent to an activating group) is 1. The number of carbonyl (C=O) groups excluding carboxylic acids is 1. The van der Waals surface area contributed by atoms with Gasteiger partial charge in [0.25, 0.3) is 0 Å². The molecule has 0 saturated heterocycles. The van der Waals surface area contributed by atoms with Crippen LogP contribution in [0, 0.1) is 11.7 Å². The number of aromatic nitrogens is 5. The van der Waals surface area contributed by atoms with Crippen molar-refractivity contribution in [3.05, 3.63) is 42.7 Å². The molecule has 0 bridgehead atoms. The van der Waals surface area contributed by atoms with Gasteiger partial charge in [-0.05, 0) is 31.9 Å². The molecule has 2 atom stereocenters. The van der Waals surface area contributed by atoms with Crippen molar-refractivity contribution in [2.45, 2.75) is 38.6 Å². The Kier molecular flexibility index (Phi) is 9.35. The van der Waals surface area contributed by atoms with Gasteiger partial charge in [-0.3, -0.25) is 4.79 Å². The van der Waals surface area contributed by atoms with E-state index >= 15 is 0 Å². The molecule has 1 fully saturated rings. The van der Waals surface area contributed by atoms with Gasteiger partial charge in [-0.25, -0.2) is 19.3 Å². The summed E-state index contributed by atoms with van der Waals surface area (Å²) < 4.78 is 32.4. The number of carbonyl (C=O) groups is 1. The number of H-pyrrole nitrogens is 1. The van der Waals surface area contributed by atoms with Crippen molar-refractivity contribution in [3.63, 3.8) is 0 Å². The second kappa shape index (κ2) is 13.3. The van der Waals surface area contributed by atoms with E-state index in [0.717, 1.165) is 36.7 Å². The van der Waals surface area contributed by atoms with E-state index in [1.165, 1.54) is 12.3 Å². The van der Waals surface area contributed by atoms with Crippen LogP contribution in [0.3, 0.4) is 0 Å². The summed E-state index contributed by atoms with van der Waals surface area (Å²) in [5.41, 5.74) is 2.03. The van der Waals surface area contributed by atoms with Gasteiger partial charge in [-0.2, -0.15) is 0 Å². The van der Waals surface area contributed by atoms with E-state index in [9.17, 15) is 9.18 Å². The van der Waals surface area contributed by atoms with Gasteiger partial charge in [0.15, 0.2) is 5.82 Å². The molecule has 1 aliphatic rings. The van der Waals surface area contributed by atoms with Gasteiger partial charge >= 0.3 is 0 Å². The first-order valence-corrected chi connectivity index (χ1v) is 14.0. The summed E-state index contributed by atoms with van der Waals surface area (Å²) in [4.78, 5) is 32.0. The second-order valence-electron chi connectivity index (χ2n) is 10.1. The minimum absolute atomic E-state index is 0.00862. The summed E-state index contributed by atoms with van der Waals surface area (Å²) in [7, 11) is 1.84. The van der Waals surface area contributed by atoms with Gasteiger partial charge in [0.2, 0.25) is 5.91 Å². The fourth-order valence-electron chi connectivity index (χ4n) is 5.41. The summed E-state index contributed by atoms with van der Waals surface area (Å²) in [6.07, 6.45) is 10.5. The molecular weight excluding hydrogens is 515 g/mol. The number of hydrogen-bond donors (Lipinski definition) is 1. The molecule has 214 valence electrons. The van der Waals surface area contributed by atoms with E-state index in [4.69, 9.17) is 19.2 Å². The maximum absolute atomic E-state index is 13.9. The summed E-state index contributed by atoms with van der Waals surface area (Å²) >= 11 is 0. The van der Waals surface area contributed by atoms with Crippen LogP contribution in [0.5, 0.6) is 0 Å². The lowest BCUT2D eigenvalue weighted by molar-refractivity contribution is -0.137. The Morgan fingerprint density at radius 3 is 2.70 bits per heavy atom. The van der Waals surface area contributed by atoms with Crippen LogP contribution in [-0.2, 0) is 19.0 Å². The molecule has 1 aliphatic carbocycles. The number of aromatic amines is 1. The van der Waals surface area contributed by atoms with Gasteiger partial charge < -0.3 is 28.7 Å². The standard InChI is InChI=1S/C29H37FN6O4/c1-3-38-12-13-40-15-14-39-11-10-35(2)29(37)22-6-4-5-7-25(22)36-9-8-20-17-31-27(34-28(20)36)24-19-33-26-23(24)16-21(30)18-32-26/h8-9,16-19,22,25H,3-7,10-15H2,1-2H3,(H,32,33)/t22-,25-/m1/s1. The highest BCUT2D eigenvalue weighted by atomic mass is 19.1. The van der Waals surface area contributed by atoms with Gasteiger partial charge in [0.1, 0.15) is 17.1 Å². The number of nitrogens with zero attached hydrogens (tertiary/aromatic N) is 5. The van der Waals surface area contributed by atoms with Gasteiger partial charge in [0, 0.05) is 61.2 Å². The van der Waals surface area contributed by atoms with Crippen LogP contribution >= 0.6 is 0 Å². The lowest BCUT2D eigenvalue weighted by atomic mass is 9.83. The summed E-state index contributed by atoms with van der Waals surface area (Å²) in [5, 5.41) is 1.53. The number of fused-ring (bicyclic) bond motifs is 2. The Bertz CT molecular complexity index is 1420. The van der Waals surface area contributed by atoms with Crippen molar-refractivity contribution in [3.8, 4) is 11.4 Å². The molecule has 1 saturated carbocycles. The van der Waals surface area contributed by atoms with E-state index in [0.29, 0.717) is 68.6 Å². The van der Waals surface area contributed by atoms with Gasteiger partial charge in [-0.1, -0.05) is 12.8 Å². The first kappa shape index (κ1) is 28.1. The molecule has 4 heterocycles. The average Bonchev–Trinajstić information content (AvgIpc) is 3.59. The van der Waals surface area contributed by atoms with E-state index in [2.05, 4.69) is 19.5 Å². The van der Waals surface area contributed by atoms with Crippen molar-refractivity contribution in [2.75, 3.05) is 53.2 Å². The average molecular weight is 553 g/mol. The molecular formula is C29H37FN6O4. The van der Waals surface area contributed by atoms with Crippen LogP contribution < -0.4 is 0 Å². The summed E-state index contributed by atoms with van der Waals surface area (Å²) in [6.45, 7) is 5.74. The van der Waals surface area contributed by atoms with Crippen LogP contribution in [0.1, 0.15) is 38.6 Å². The number of ether oxygens (including phenoxy) is 3. The molecule has 10 nitrogen and oxygen atoms in total. The Balaban J connectivity index is 1.26. The number of halogens is 1. The van der Waals surface area contributed by atoms with Crippen LogP contribution in [0.2, 0.25) is 0 Å². The highest BCUT2D eigenvalue weighted by Crippen LogP contribution is 2.37. The van der Waals surface area contributed by atoms with Gasteiger partial charge in [0.05, 0.1) is 45.1 Å². The van der Waals surface area contributed by atoms with Crippen LogP contribution in [-0.4, -0.2) is 88.5 Å². The molecule has 5 rings (SSSR count). The maximum Gasteiger partial charge on any atom is 0.227 e. The largest absolute Gasteiger partial charge is 0.379 e. The van der Waals surface area contributed by atoms with Gasteiger partial charge in [-0.15, -0.1) is 0 Å². The number of pyridine rings is 1. The predicted molar refractivity (Wildman–Crippen MR) is 149 cm³/mol. The van der Waals surface area contributed by atoms with Crippen molar-refractivity contribution < 1.29 is 23.4 Å². The molecule has 0 unspecified atom stereocenters. The van der Waals surface area contributed by atoms with E-state index in [1.54, 1.807) is 17.3 Å². The number of nitrogens with one attached hydrogen (secondary N) is 1. The van der Waals surface area contributed by atoms with E-state index < -0.39 is 5.82 Å². The highest BCUT2D eigenvalue weighted by Gasteiger charge is 2.34. The van der Waals surface area contributed by atoms with Crippen LogP contribution in [0.25, 0.3) is 33.5 Å². The van der Waals surface area contributed by atoms with Crippen LogP contribution in [0.15, 0.2) is 36.9 Å². The molecule has 11 heteroatoms. The molecule has 0 aliphatic heterocycles. The zero-order valence-corrected chi connectivity index (χ0v) is 23.1. The lowest BCUT2D eigenvalue weighted by Crippen LogP contribution is -2.40. The summed E-state index contributed by atoms with van der Waals surface area (Å²) in [6, 6.07) is 3.41. The zero-order valence-electron chi connectivity index (χ0n) is 23.1. The molecule has 0 radical (unpaired) electrons. The maximum atomic E-state index is 13.9. The quantitative estimate of drug-likeness (QED) is 0.245. The monoisotopic (exact) mass is 552 g/mol.